The molecule has 0 aromatic carbocycles. The number of nitrogens with zero attached hydrogens (tertiary/aromatic N) is 1. The summed E-state index contributed by atoms with van der Waals surface area (Å²) in [6.07, 6.45) is 3.37. The molecule has 1 fully saturated rings. The van der Waals surface area contributed by atoms with Crippen molar-refractivity contribution in [2.45, 2.75) is 19.8 Å². The van der Waals surface area contributed by atoms with Gasteiger partial charge in [0.1, 0.15) is 0 Å². The Morgan fingerprint density at radius 2 is 2.26 bits per heavy atom. The lowest BCUT2D eigenvalue weighted by atomic mass is 9.79. The SMILES string of the molecule is COCC1(C(=O)Nc2ncc(C)s2)CCNCC1.Cl. The smallest absolute Gasteiger partial charge is 0.234 e. The molecule has 0 saturated carbocycles. The molecule has 1 aromatic heterocycles. The number of carbonyl (C=O) groups is 1. The number of carbonyl (C=O) groups excluding carboxylic acids is 1. The summed E-state index contributed by atoms with van der Waals surface area (Å²) in [5, 5.41) is 6.86. The second kappa shape index (κ2) is 7.19. The van der Waals surface area contributed by atoms with E-state index in [0.29, 0.717) is 11.7 Å². The number of anilines is 1. The molecule has 0 aliphatic carbocycles. The molecule has 2 N–H and O–H groups in total. The zero-order chi connectivity index (χ0) is 13.0. The monoisotopic (exact) mass is 305 g/mol. The van der Waals surface area contributed by atoms with Crippen LogP contribution in [0.5, 0.6) is 0 Å². The number of hydrogen-bond acceptors (Lipinski definition) is 5. The Morgan fingerprint density at radius 1 is 1.58 bits per heavy atom. The molecule has 0 atom stereocenters. The zero-order valence-corrected chi connectivity index (χ0v) is 12.8. The van der Waals surface area contributed by atoms with Crippen LogP contribution in [0.2, 0.25) is 0 Å². The van der Waals surface area contributed by atoms with Crippen molar-refractivity contribution in [3.05, 3.63) is 11.1 Å². The van der Waals surface area contributed by atoms with E-state index >= 15 is 0 Å². The van der Waals surface area contributed by atoms with Crippen LogP contribution < -0.4 is 10.6 Å². The van der Waals surface area contributed by atoms with Crippen molar-refractivity contribution in [3.8, 4) is 0 Å². The predicted octanol–water partition coefficient (Wildman–Crippen LogP) is 1.83. The second-order valence-corrected chi connectivity index (χ2v) is 5.93. The summed E-state index contributed by atoms with van der Waals surface area (Å²) in [5.74, 6) is 0.0280. The molecule has 5 nitrogen and oxygen atoms in total. The highest BCUT2D eigenvalue weighted by atomic mass is 35.5. The third-order valence-corrected chi connectivity index (χ3v) is 4.13. The van der Waals surface area contributed by atoms with Crippen molar-refractivity contribution in [2.75, 3.05) is 32.1 Å². The van der Waals surface area contributed by atoms with Crippen LogP contribution in [-0.2, 0) is 9.53 Å². The molecule has 0 spiro atoms. The van der Waals surface area contributed by atoms with E-state index in [1.165, 1.54) is 11.3 Å². The van der Waals surface area contributed by atoms with Crippen LogP contribution in [0, 0.1) is 12.3 Å². The first-order valence-electron chi connectivity index (χ1n) is 6.10. The molecule has 0 bridgehead atoms. The van der Waals surface area contributed by atoms with Gasteiger partial charge in [-0.15, -0.1) is 23.7 Å². The molecule has 1 aromatic rings. The van der Waals surface area contributed by atoms with E-state index in [1.54, 1.807) is 13.3 Å². The van der Waals surface area contributed by atoms with Gasteiger partial charge in [0, 0.05) is 18.2 Å². The molecule has 7 heteroatoms. The normalized spacial score (nSPS) is 17.6. The Kier molecular flexibility index (Phi) is 6.19. The topological polar surface area (TPSA) is 63.2 Å². The molecule has 1 aliphatic heterocycles. The predicted molar refractivity (Wildman–Crippen MR) is 79.1 cm³/mol. The number of ether oxygens (including phenoxy) is 1. The number of hydrogen-bond donors (Lipinski definition) is 2. The highest BCUT2D eigenvalue weighted by Gasteiger charge is 2.39. The van der Waals surface area contributed by atoms with Gasteiger partial charge in [-0.3, -0.25) is 4.79 Å². The summed E-state index contributed by atoms with van der Waals surface area (Å²) in [5.41, 5.74) is -0.417. The Balaban J connectivity index is 0.00000180. The molecule has 2 rings (SSSR count). The van der Waals surface area contributed by atoms with Crippen LogP contribution in [-0.4, -0.2) is 37.7 Å². The minimum absolute atomic E-state index is 0. The molecular formula is C12H20ClN3O2S. The molecule has 108 valence electrons. The van der Waals surface area contributed by atoms with Gasteiger partial charge in [-0.25, -0.2) is 4.98 Å². The van der Waals surface area contributed by atoms with Crippen LogP contribution in [0.1, 0.15) is 17.7 Å². The Hall–Kier alpha value is -0.690. The number of methoxy groups -OCH3 is 1. The van der Waals surface area contributed by atoms with E-state index < -0.39 is 5.41 Å². The summed E-state index contributed by atoms with van der Waals surface area (Å²) in [4.78, 5) is 17.7. The third kappa shape index (κ3) is 3.89. The van der Waals surface area contributed by atoms with Crippen molar-refractivity contribution in [2.24, 2.45) is 5.41 Å². The molecule has 2 heterocycles. The average molecular weight is 306 g/mol. The van der Waals surface area contributed by atoms with Gasteiger partial charge in [0.05, 0.1) is 12.0 Å². The number of amides is 1. The van der Waals surface area contributed by atoms with Gasteiger partial charge < -0.3 is 15.4 Å². The number of nitrogens with one attached hydrogen (secondary N) is 2. The Labute approximate surface area is 123 Å². The molecule has 1 saturated heterocycles. The van der Waals surface area contributed by atoms with Gasteiger partial charge in [-0.2, -0.15) is 0 Å². The standard InChI is InChI=1S/C12H19N3O2S.ClH/c1-9-7-14-11(18-9)15-10(16)12(8-17-2)3-5-13-6-4-12;/h7,13H,3-6,8H2,1-2H3,(H,14,15,16);1H. The van der Waals surface area contributed by atoms with Crippen LogP contribution in [0.15, 0.2) is 6.20 Å². The summed E-state index contributed by atoms with van der Waals surface area (Å²) in [6, 6.07) is 0. The minimum atomic E-state index is -0.417. The number of halogens is 1. The summed E-state index contributed by atoms with van der Waals surface area (Å²) >= 11 is 1.50. The van der Waals surface area contributed by atoms with Gasteiger partial charge in [0.15, 0.2) is 5.13 Å². The van der Waals surface area contributed by atoms with Gasteiger partial charge in [-0.05, 0) is 32.9 Å². The van der Waals surface area contributed by atoms with E-state index in [1.807, 2.05) is 6.92 Å². The first kappa shape index (κ1) is 16.4. The lowest BCUT2D eigenvalue weighted by Crippen LogP contribution is -2.47. The van der Waals surface area contributed by atoms with E-state index in [4.69, 9.17) is 4.74 Å². The summed E-state index contributed by atoms with van der Waals surface area (Å²) in [6.45, 7) is 4.15. The van der Waals surface area contributed by atoms with E-state index in [2.05, 4.69) is 15.6 Å². The highest BCUT2D eigenvalue weighted by molar-refractivity contribution is 7.15. The molecular weight excluding hydrogens is 286 g/mol. The largest absolute Gasteiger partial charge is 0.384 e. The highest BCUT2D eigenvalue weighted by Crippen LogP contribution is 2.31. The van der Waals surface area contributed by atoms with E-state index in [0.717, 1.165) is 30.8 Å². The van der Waals surface area contributed by atoms with Gasteiger partial charge in [0.2, 0.25) is 5.91 Å². The molecule has 0 radical (unpaired) electrons. The first-order valence-corrected chi connectivity index (χ1v) is 6.91. The number of rotatable bonds is 4. The fraction of sp³-hybridized carbons (Fsp3) is 0.667. The summed E-state index contributed by atoms with van der Waals surface area (Å²) < 4.78 is 5.24. The molecule has 1 aliphatic rings. The maximum Gasteiger partial charge on any atom is 0.234 e. The maximum atomic E-state index is 12.4. The number of aryl methyl sites for hydroxylation is 1. The summed E-state index contributed by atoms with van der Waals surface area (Å²) in [7, 11) is 1.64. The van der Waals surface area contributed by atoms with Gasteiger partial charge >= 0.3 is 0 Å². The molecule has 0 unspecified atom stereocenters. The molecule has 19 heavy (non-hydrogen) atoms. The van der Waals surface area contributed by atoms with Crippen molar-refractivity contribution in [1.29, 1.82) is 0 Å². The van der Waals surface area contributed by atoms with Crippen molar-refractivity contribution in [1.82, 2.24) is 10.3 Å². The second-order valence-electron chi connectivity index (χ2n) is 4.69. The van der Waals surface area contributed by atoms with Gasteiger partial charge in [0.25, 0.3) is 0 Å². The van der Waals surface area contributed by atoms with Crippen LogP contribution in [0.25, 0.3) is 0 Å². The number of aromatic nitrogens is 1. The minimum Gasteiger partial charge on any atom is -0.384 e. The zero-order valence-electron chi connectivity index (χ0n) is 11.2. The van der Waals surface area contributed by atoms with E-state index in [9.17, 15) is 4.79 Å². The fourth-order valence-corrected chi connectivity index (χ4v) is 2.92. The van der Waals surface area contributed by atoms with Crippen molar-refractivity contribution < 1.29 is 9.53 Å². The fourth-order valence-electron chi connectivity index (χ4n) is 2.26. The number of thiazole rings is 1. The first-order chi connectivity index (χ1) is 8.66. The third-order valence-electron chi connectivity index (χ3n) is 3.30. The Bertz CT molecular complexity index is 413. The van der Waals surface area contributed by atoms with E-state index in [-0.39, 0.29) is 18.3 Å². The quantitative estimate of drug-likeness (QED) is 0.891. The Morgan fingerprint density at radius 3 is 2.79 bits per heavy atom. The van der Waals surface area contributed by atoms with Crippen molar-refractivity contribution in [3.63, 3.8) is 0 Å². The lowest BCUT2D eigenvalue weighted by Gasteiger charge is -2.35. The van der Waals surface area contributed by atoms with Crippen molar-refractivity contribution >= 4 is 34.8 Å². The molecule has 1 amide bonds. The van der Waals surface area contributed by atoms with Gasteiger partial charge in [-0.1, -0.05) is 0 Å². The average Bonchev–Trinajstić information content (AvgIpc) is 2.76. The van der Waals surface area contributed by atoms with Crippen LogP contribution in [0.4, 0.5) is 5.13 Å². The lowest BCUT2D eigenvalue weighted by molar-refractivity contribution is -0.130. The number of piperidine rings is 1. The maximum absolute atomic E-state index is 12.4. The van der Waals surface area contributed by atoms with Crippen LogP contribution in [0.3, 0.4) is 0 Å². The van der Waals surface area contributed by atoms with Crippen LogP contribution >= 0.6 is 23.7 Å².